The SMILES string of the molecule is O=C(NCc1ccc(-n2cccn2)cc1)C1COc2ccccc2C1. The normalized spacial score (nSPS) is 15.9. The average Bonchev–Trinajstić information content (AvgIpc) is 3.21. The highest BCUT2D eigenvalue weighted by atomic mass is 16.5. The lowest BCUT2D eigenvalue weighted by molar-refractivity contribution is -0.126. The number of carbonyl (C=O) groups excluding carboxylic acids is 1. The quantitative estimate of drug-likeness (QED) is 0.799. The molecule has 1 aliphatic rings. The second kappa shape index (κ2) is 6.81. The molecular weight excluding hydrogens is 314 g/mol. The van der Waals surface area contributed by atoms with Crippen LogP contribution in [0.25, 0.3) is 5.69 Å². The van der Waals surface area contributed by atoms with Gasteiger partial charge in [0.2, 0.25) is 5.91 Å². The Hall–Kier alpha value is -3.08. The van der Waals surface area contributed by atoms with Crippen molar-refractivity contribution in [1.82, 2.24) is 15.1 Å². The number of hydrogen-bond donors (Lipinski definition) is 1. The van der Waals surface area contributed by atoms with Gasteiger partial charge in [-0.1, -0.05) is 30.3 Å². The Balaban J connectivity index is 1.35. The molecule has 5 nitrogen and oxygen atoms in total. The van der Waals surface area contributed by atoms with Crippen molar-refractivity contribution in [3.8, 4) is 11.4 Å². The molecule has 0 fully saturated rings. The van der Waals surface area contributed by atoms with Gasteiger partial charge in [0.25, 0.3) is 0 Å². The van der Waals surface area contributed by atoms with Crippen LogP contribution < -0.4 is 10.1 Å². The van der Waals surface area contributed by atoms with Crippen molar-refractivity contribution in [3.05, 3.63) is 78.1 Å². The van der Waals surface area contributed by atoms with Gasteiger partial charge in [-0.2, -0.15) is 5.10 Å². The zero-order chi connectivity index (χ0) is 17.1. The summed E-state index contributed by atoms with van der Waals surface area (Å²) in [6.07, 6.45) is 4.37. The third kappa shape index (κ3) is 3.40. The van der Waals surface area contributed by atoms with E-state index < -0.39 is 0 Å². The molecule has 1 N–H and O–H groups in total. The number of ether oxygens (including phenoxy) is 1. The van der Waals surface area contributed by atoms with Crippen LogP contribution in [0.2, 0.25) is 0 Å². The molecule has 1 amide bonds. The van der Waals surface area contributed by atoms with Crippen molar-refractivity contribution < 1.29 is 9.53 Å². The van der Waals surface area contributed by atoms with E-state index in [0.29, 0.717) is 13.2 Å². The number of rotatable bonds is 4. The van der Waals surface area contributed by atoms with Crippen molar-refractivity contribution >= 4 is 5.91 Å². The van der Waals surface area contributed by atoms with Crippen LogP contribution in [0, 0.1) is 5.92 Å². The number of nitrogens with one attached hydrogen (secondary N) is 1. The Labute approximate surface area is 146 Å². The maximum absolute atomic E-state index is 12.4. The minimum atomic E-state index is -0.141. The van der Waals surface area contributed by atoms with E-state index in [1.807, 2.05) is 60.8 Å². The van der Waals surface area contributed by atoms with Crippen LogP contribution in [-0.4, -0.2) is 22.3 Å². The molecule has 2 heterocycles. The molecule has 0 saturated carbocycles. The minimum absolute atomic E-state index is 0.0330. The molecule has 1 atom stereocenters. The average molecular weight is 333 g/mol. The number of hydrogen-bond acceptors (Lipinski definition) is 3. The molecule has 0 bridgehead atoms. The second-order valence-electron chi connectivity index (χ2n) is 6.15. The summed E-state index contributed by atoms with van der Waals surface area (Å²) in [4.78, 5) is 12.4. The van der Waals surface area contributed by atoms with E-state index in [2.05, 4.69) is 10.4 Å². The molecule has 1 unspecified atom stereocenters. The molecule has 126 valence electrons. The molecule has 1 aromatic heterocycles. The summed E-state index contributed by atoms with van der Waals surface area (Å²) < 4.78 is 7.50. The number of amides is 1. The first-order chi connectivity index (χ1) is 12.3. The fourth-order valence-electron chi connectivity index (χ4n) is 3.02. The summed E-state index contributed by atoms with van der Waals surface area (Å²) in [5, 5.41) is 7.22. The molecule has 0 radical (unpaired) electrons. The van der Waals surface area contributed by atoms with Gasteiger partial charge in [0, 0.05) is 18.9 Å². The summed E-state index contributed by atoms with van der Waals surface area (Å²) in [5.74, 6) is 0.782. The lowest BCUT2D eigenvalue weighted by Crippen LogP contribution is -2.37. The third-order valence-corrected chi connectivity index (χ3v) is 4.42. The number of benzene rings is 2. The Morgan fingerprint density at radius 3 is 2.80 bits per heavy atom. The molecule has 0 saturated heterocycles. The first-order valence-electron chi connectivity index (χ1n) is 8.37. The van der Waals surface area contributed by atoms with Crippen molar-refractivity contribution in [2.45, 2.75) is 13.0 Å². The first kappa shape index (κ1) is 15.4. The monoisotopic (exact) mass is 333 g/mol. The summed E-state index contributed by atoms with van der Waals surface area (Å²) >= 11 is 0. The number of nitrogens with zero attached hydrogens (tertiary/aromatic N) is 2. The molecule has 3 aromatic rings. The maximum Gasteiger partial charge on any atom is 0.227 e. The fourth-order valence-corrected chi connectivity index (χ4v) is 3.02. The molecule has 4 rings (SSSR count). The summed E-state index contributed by atoms with van der Waals surface area (Å²) in [5.41, 5.74) is 3.15. The van der Waals surface area contributed by atoms with Gasteiger partial charge >= 0.3 is 0 Å². The molecule has 25 heavy (non-hydrogen) atoms. The lowest BCUT2D eigenvalue weighted by Gasteiger charge is -2.24. The predicted molar refractivity (Wildman–Crippen MR) is 94.5 cm³/mol. The smallest absolute Gasteiger partial charge is 0.227 e. The van der Waals surface area contributed by atoms with E-state index in [0.717, 1.165) is 29.0 Å². The van der Waals surface area contributed by atoms with E-state index in [9.17, 15) is 4.79 Å². The van der Waals surface area contributed by atoms with Gasteiger partial charge in [-0.05, 0) is 41.8 Å². The Morgan fingerprint density at radius 2 is 2.00 bits per heavy atom. The fraction of sp³-hybridized carbons (Fsp3) is 0.200. The maximum atomic E-state index is 12.4. The third-order valence-electron chi connectivity index (χ3n) is 4.42. The highest BCUT2D eigenvalue weighted by molar-refractivity contribution is 5.79. The summed E-state index contributed by atoms with van der Waals surface area (Å²) in [6, 6.07) is 17.8. The van der Waals surface area contributed by atoms with Crippen molar-refractivity contribution in [1.29, 1.82) is 0 Å². The van der Waals surface area contributed by atoms with E-state index in [-0.39, 0.29) is 11.8 Å². The van der Waals surface area contributed by atoms with E-state index >= 15 is 0 Å². The molecule has 5 heteroatoms. The van der Waals surface area contributed by atoms with Crippen LogP contribution >= 0.6 is 0 Å². The standard InChI is InChI=1S/C20H19N3O2/c24-20(17-12-16-4-1-2-5-19(16)25-14-17)21-13-15-6-8-18(9-7-15)23-11-3-10-22-23/h1-11,17H,12-14H2,(H,21,24). The van der Waals surface area contributed by atoms with Gasteiger partial charge in [-0.25, -0.2) is 4.68 Å². The van der Waals surface area contributed by atoms with Gasteiger partial charge in [-0.15, -0.1) is 0 Å². The highest BCUT2D eigenvalue weighted by Crippen LogP contribution is 2.26. The molecule has 1 aliphatic heterocycles. The van der Waals surface area contributed by atoms with E-state index in [1.165, 1.54) is 0 Å². The van der Waals surface area contributed by atoms with E-state index in [4.69, 9.17) is 4.74 Å². The van der Waals surface area contributed by atoms with Crippen LogP contribution in [0.15, 0.2) is 67.0 Å². The number of para-hydroxylation sites is 1. The largest absolute Gasteiger partial charge is 0.492 e. The zero-order valence-corrected chi connectivity index (χ0v) is 13.8. The summed E-state index contributed by atoms with van der Waals surface area (Å²) in [7, 11) is 0. The lowest BCUT2D eigenvalue weighted by atomic mass is 9.96. The van der Waals surface area contributed by atoms with Crippen molar-refractivity contribution in [3.63, 3.8) is 0 Å². The number of fused-ring (bicyclic) bond motifs is 1. The Morgan fingerprint density at radius 1 is 1.16 bits per heavy atom. The van der Waals surface area contributed by atoms with Crippen LogP contribution in [-0.2, 0) is 17.8 Å². The van der Waals surface area contributed by atoms with Crippen molar-refractivity contribution in [2.24, 2.45) is 5.92 Å². The molecular formula is C20H19N3O2. The van der Waals surface area contributed by atoms with Crippen LogP contribution in [0.5, 0.6) is 5.75 Å². The van der Waals surface area contributed by atoms with Gasteiger partial charge < -0.3 is 10.1 Å². The van der Waals surface area contributed by atoms with Gasteiger partial charge in [0.1, 0.15) is 12.4 Å². The number of aromatic nitrogens is 2. The number of carbonyl (C=O) groups is 1. The molecule has 0 spiro atoms. The van der Waals surface area contributed by atoms with Crippen LogP contribution in [0.4, 0.5) is 0 Å². The zero-order valence-electron chi connectivity index (χ0n) is 13.8. The Kier molecular flexibility index (Phi) is 4.21. The Bertz CT molecular complexity index is 857. The van der Waals surface area contributed by atoms with Gasteiger partial charge in [0.15, 0.2) is 0 Å². The van der Waals surface area contributed by atoms with Gasteiger partial charge in [0.05, 0.1) is 11.6 Å². The van der Waals surface area contributed by atoms with Crippen molar-refractivity contribution in [2.75, 3.05) is 6.61 Å². The second-order valence-corrected chi connectivity index (χ2v) is 6.15. The first-order valence-corrected chi connectivity index (χ1v) is 8.37. The predicted octanol–water partition coefficient (Wildman–Crippen LogP) is 2.74. The molecule has 0 aliphatic carbocycles. The highest BCUT2D eigenvalue weighted by Gasteiger charge is 2.25. The van der Waals surface area contributed by atoms with E-state index in [1.54, 1.807) is 10.9 Å². The van der Waals surface area contributed by atoms with Crippen LogP contribution in [0.3, 0.4) is 0 Å². The topological polar surface area (TPSA) is 56.2 Å². The van der Waals surface area contributed by atoms with Gasteiger partial charge in [-0.3, -0.25) is 4.79 Å². The minimum Gasteiger partial charge on any atom is -0.492 e. The molecule has 2 aromatic carbocycles. The summed E-state index contributed by atoms with van der Waals surface area (Å²) in [6.45, 7) is 0.942. The van der Waals surface area contributed by atoms with Crippen LogP contribution in [0.1, 0.15) is 11.1 Å².